The summed E-state index contributed by atoms with van der Waals surface area (Å²) in [5.41, 5.74) is 0.132. The Kier molecular flexibility index (Phi) is 7.13. The molecule has 0 spiro atoms. The van der Waals surface area contributed by atoms with Crippen molar-refractivity contribution in [1.82, 2.24) is 14.7 Å². The van der Waals surface area contributed by atoms with Crippen LogP contribution in [0.4, 0.5) is 13.9 Å². The lowest BCUT2D eigenvalue weighted by Crippen LogP contribution is -2.44. The number of hydrogen-bond acceptors (Lipinski definition) is 7. The van der Waals surface area contributed by atoms with Crippen LogP contribution < -0.4 is 10.6 Å². The molecule has 2 aromatic rings. The molecule has 0 saturated heterocycles. The van der Waals surface area contributed by atoms with Crippen LogP contribution in [0.5, 0.6) is 0 Å². The van der Waals surface area contributed by atoms with Crippen molar-refractivity contribution in [3.63, 3.8) is 0 Å². The van der Waals surface area contributed by atoms with Crippen LogP contribution in [-0.2, 0) is 25.8 Å². The second kappa shape index (κ2) is 9.15. The molecular formula is C16H18F2N4O4S2. The number of hydrogen-bond donors (Lipinski definition) is 2. The van der Waals surface area contributed by atoms with Crippen LogP contribution in [-0.4, -0.2) is 41.9 Å². The summed E-state index contributed by atoms with van der Waals surface area (Å²) in [6, 6.07) is 1.83. The monoisotopic (exact) mass is 432 g/mol. The van der Waals surface area contributed by atoms with Crippen LogP contribution >= 0.6 is 11.5 Å². The number of amides is 2. The lowest BCUT2D eigenvalue weighted by atomic mass is 10.1. The van der Waals surface area contributed by atoms with Crippen LogP contribution in [0.1, 0.15) is 25.3 Å². The second-order valence-corrected chi connectivity index (χ2v) is 8.67. The third-order valence-corrected chi connectivity index (χ3v) is 5.08. The van der Waals surface area contributed by atoms with Gasteiger partial charge in [-0.25, -0.2) is 17.2 Å². The van der Waals surface area contributed by atoms with Gasteiger partial charge in [0.1, 0.15) is 17.7 Å². The van der Waals surface area contributed by atoms with E-state index in [0.717, 1.165) is 18.4 Å². The molecule has 12 heteroatoms. The van der Waals surface area contributed by atoms with Crippen molar-refractivity contribution in [3.05, 3.63) is 35.4 Å². The molecular weight excluding hydrogens is 414 g/mol. The largest absolute Gasteiger partial charge is 0.344 e. The molecule has 28 heavy (non-hydrogen) atoms. The molecule has 0 aliphatic heterocycles. The highest BCUT2D eigenvalue weighted by Crippen LogP contribution is 2.15. The Morgan fingerprint density at radius 1 is 1.21 bits per heavy atom. The van der Waals surface area contributed by atoms with Crippen molar-refractivity contribution in [2.24, 2.45) is 0 Å². The van der Waals surface area contributed by atoms with Gasteiger partial charge in [-0.2, -0.15) is 9.36 Å². The minimum Gasteiger partial charge on any atom is -0.344 e. The fourth-order valence-corrected chi connectivity index (χ4v) is 3.75. The minimum absolute atomic E-state index is 0.0204. The highest BCUT2D eigenvalue weighted by molar-refractivity contribution is 7.90. The third kappa shape index (κ3) is 6.30. The van der Waals surface area contributed by atoms with E-state index >= 15 is 0 Å². The molecule has 0 saturated carbocycles. The summed E-state index contributed by atoms with van der Waals surface area (Å²) >= 11 is 0.697. The summed E-state index contributed by atoms with van der Waals surface area (Å²) in [5.74, 6) is -2.79. The molecule has 0 aliphatic carbocycles. The smallest absolute Gasteiger partial charge is 0.260 e. The molecule has 1 atom stereocenters. The molecule has 2 amide bonds. The van der Waals surface area contributed by atoms with E-state index in [-0.39, 0.29) is 17.1 Å². The summed E-state index contributed by atoms with van der Waals surface area (Å²) in [6.45, 7) is 1.81. The van der Waals surface area contributed by atoms with Crippen molar-refractivity contribution < 1.29 is 26.8 Å². The molecule has 0 bridgehead atoms. The number of aromatic nitrogens is 2. The molecule has 8 nitrogen and oxygen atoms in total. The Hall–Kier alpha value is -2.47. The fraction of sp³-hybridized carbons (Fsp3) is 0.375. The molecule has 1 unspecified atom stereocenters. The summed E-state index contributed by atoms with van der Waals surface area (Å²) in [6.07, 6.45) is 1.50. The number of anilines is 1. The van der Waals surface area contributed by atoms with E-state index in [1.807, 2.05) is 0 Å². The lowest BCUT2D eigenvalue weighted by Gasteiger charge is -2.17. The predicted octanol–water partition coefficient (Wildman–Crippen LogP) is 1.69. The van der Waals surface area contributed by atoms with E-state index < -0.39 is 44.5 Å². The van der Waals surface area contributed by atoms with Crippen molar-refractivity contribution in [2.45, 2.75) is 37.4 Å². The maximum Gasteiger partial charge on any atom is 0.260 e. The normalized spacial score (nSPS) is 12.4. The summed E-state index contributed by atoms with van der Waals surface area (Å²) < 4.78 is 52.9. The van der Waals surface area contributed by atoms with E-state index in [4.69, 9.17) is 0 Å². The van der Waals surface area contributed by atoms with Gasteiger partial charge in [0.05, 0.1) is 6.42 Å². The van der Waals surface area contributed by atoms with Gasteiger partial charge in [0.2, 0.25) is 26.8 Å². The highest BCUT2D eigenvalue weighted by atomic mass is 32.2. The first-order valence-electron chi connectivity index (χ1n) is 8.17. The zero-order valence-corrected chi connectivity index (χ0v) is 16.7. The number of carbonyl (C=O) groups excluding carboxylic acids is 2. The number of benzene rings is 1. The van der Waals surface area contributed by atoms with Gasteiger partial charge in [-0.15, -0.1) is 0 Å². The van der Waals surface area contributed by atoms with E-state index in [1.54, 1.807) is 6.92 Å². The molecule has 1 aromatic heterocycles. The van der Waals surface area contributed by atoms with Gasteiger partial charge in [-0.05, 0) is 24.1 Å². The highest BCUT2D eigenvalue weighted by Gasteiger charge is 2.23. The van der Waals surface area contributed by atoms with Gasteiger partial charge in [-0.1, -0.05) is 13.3 Å². The van der Waals surface area contributed by atoms with Crippen molar-refractivity contribution in [3.8, 4) is 0 Å². The molecule has 1 heterocycles. The number of sulfone groups is 1. The minimum atomic E-state index is -3.60. The maximum absolute atomic E-state index is 13.2. The number of halogens is 2. The van der Waals surface area contributed by atoms with Crippen molar-refractivity contribution in [1.29, 1.82) is 0 Å². The Morgan fingerprint density at radius 2 is 1.86 bits per heavy atom. The van der Waals surface area contributed by atoms with Gasteiger partial charge >= 0.3 is 0 Å². The van der Waals surface area contributed by atoms with Crippen molar-refractivity contribution >= 4 is 38.3 Å². The van der Waals surface area contributed by atoms with Crippen LogP contribution in [0, 0.1) is 11.6 Å². The SMILES string of the molecule is CCCC(NC(=O)Cc1cc(F)cc(F)c1)C(=O)Nc1nc(S(C)(=O)=O)ns1. The quantitative estimate of drug-likeness (QED) is 0.655. The topological polar surface area (TPSA) is 118 Å². The van der Waals surface area contributed by atoms with Gasteiger partial charge in [0.15, 0.2) is 0 Å². The van der Waals surface area contributed by atoms with Gasteiger partial charge in [-0.3, -0.25) is 14.9 Å². The summed E-state index contributed by atoms with van der Waals surface area (Å²) in [4.78, 5) is 28.3. The second-order valence-electron chi connectivity index (χ2n) is 6.01. The Labute approximate surface area is 164 Å². The summed E-state index contributed by atoms with van der Waals surface area (Å²) in [5, 5.41) is 4.49. The van der Waals surface area contributed by atoms with E-state index in [0.29, 0.717) is 30.4 Å². The number of carbonyl (C=O) groups is 2. The maximum atomic E-state index is 13.2. The average molecular weight is 432 g/mol. The number of nitrogens with zero attached hydrogens (tertiary/aromatic N) is 2. The van der Waals surface area contributed by atoms with E-state index in [9.17, 15) is 26.8 Å². The molecule has 0 fully saturated rings. The predicted molar refractivity (Wildman–Crippen MR) is 98.5 cm³/mol. The lowest BCUT2D eigenvalue weighted by molar-refractivity contribution is -0.126. The van der Waals surface area contributed by atoms with Crippen LogP contribution in [0.25, 0.3) is 0 Å². The Bertz CT molecular complexity index is 959. The molecule has 0 aliphatic rings. The van der Waals surface area contributed by atoms with Gasteiger partial charge in [0, 0.05) is 23.9 Å². The fourth-order valence-electron chi connectivity index (χ4n) is 2.31. The molecule has 2 rings (SSSR count). The average Bonchev–Trinajstić information content (AvgIpc) is 3.02. The molecule has 152 valence electrons. The number of rotatable bonds is 8. The first-order valence-corrected chi connectivity index (χ1v) is 10.8. The molecule has 1 aromatic carbocycles. The zero-order chi connectivity index (χ0) is 20.9. The first-order chi connectivity index (χ1) is 13.1. The Balaban J connectivity index is 2.03. The standard InChI is InChI=1S/C16H18F2N4O4S2/c1-3-4-12(14(24)20-15-21-16(22-27-15)28(2,25)26)19-13(23)7-9-5-10(17)8-11(18)6-9/h5-6,8,12H,3-4,7H2,1-2H3,(H,19,23)(H,20,21,22,24). The van der Waals surface area contributed by atoms with E-state index in [1.165, 1.54) is 0 Å². The third-order valence-electron chi connectivity index (χ3n) is 3.49. The van der Waals surface area contributed by atoms with Crippen LogP contribution in [0.3, 0.4) is 0 Å². The van der Waals surface area contributed by atoms with Crippen molar-refractivity contribution in [2.75, 3.05) is 11.6 Å². The van der Waals surface area contributed by atoms with Gasteiger partial charge in [0.25, 0.3) is 5.16 Å². The zero-order valence-electron chi connectivity index (χ0n) is 15.0. The Morgan fingerprint density at radius 3 is 2.39 bits per heavy atom. The molecule has 2 N–H and O–H groups in total. The van der Waals surface area contributed by atoms with Crippen LogP contribution in [0.2, 0.25) is 0 Å². The summed E-state index contributed by atoms with van der Waals surface area (Å²) in [7, 11) is -3.60. The first kappa shape index (κ1) is 21.8. The van der Waals surface area contributed by atoms with Crippen LogP contribution in [0.15, 0.2) is 23.4 Å². The van der Waals surface area contributed by atoms with E-state index in [2.05, 4.69) is 20.0 Å². The molecule has 0 radical (unpaired) electrons. The number of nitrogens with one attached hydrogen (secondary N) is 2. The van der Waals surface area contributed by atoms with Gasteiger partial charge < -0.3 is 5.32 Å².